The lowest BCUT2D eigenvalue weighted by atomic mass is 9.68. The maximum atomic E-state index is 13.8. The van der Waals surface area contributed by atoms with Gasteiger partial charge in [-0.25, -0.2) is 4.68 Å². The second kappa shape index (κ2) is 10.6. The van der Waals surface area contributed by atoms with Gasteiger partial charge in [0.05, 0.1) is 30.0 Å². The highest BCUT2D eigenvalue weighted by atomic mass is 16.3. The molecule has 10 heteroatoms. The Hall–Kier alpha value is -3.27. The number of rotatable bonds is 9. The lowest BCUT2D eigenvalue weighted by molar-refractivity contribution is -0.143. The molecule has 2 heterocycles. The van der Waals surface area contributed by atoms with Crippen molar-refractivity contribution in [3.05, 3.63) is 36.4 Å². The number of fused-ring (bicyclic) bond motifs is 2. The molecule has 1 saturated heterocycles. The first kappa shape index (κ1) is 24.8. The molecular formula is C25H34N6O4. The summed E-state index contributed by atoms with van der Waals surface area (Å²) in [6.07, 6.45) is 6.07. The van der Waals surface area contributed by atoms with Gasteiger partial charge in [0, 0.05) is 13.0 Å². The molecule has 0 radical (unpaired) electrons. The number of carbonyl (C=O) groups excluding carboxylic acids is 3. The van der Waals surface area contributed by atoms with E-state index >= 15 is 0 Å². The standard InChI is InChI=1S/C25H34N6O4/c1-4-8-15-11-12-17-21(20(15)23(33)26-3)25(35)31(16(5-2)13-32)22(17)24(34)27-14-30-19-10-7-6-9-18(19)28-29-30/h6-7,9-12,15-17,20-22,32H,4-5,8,13-14H2,1-3H3,(H,26,33)(H,27,34)/t15-,16+,17+,20-,21-,22+/m1/s1. The number of benzene rings is 1. The Bertz CT molecular complexity index is 1110. The van der Waals surface area contributed by atoms with Crippen molar-refractivity contribution in [2.45, 2.75) is 51.9 Å². The van der Waals surface area contributed by atoms with Crippen LogP contribution in [0.3, 0.4) is 0 Å². The van der Waals surface area contributed by atoms with Crippen LogP contribution in [-0.4, -0.2) is 68.5 Å². The molecule has 10 nitrogen and oxygen atoms in total. The molecule has 188 valence electrons. The second-order valence-electron chi connectivity index (χ2n) is 9.29. The number of hydrogen-bond donors (Lipinski definition) is 3. The number of nitrogens with zero attached hydrogens (tertiary/aromatic N) is 4. The Morgan fingerprint density at radius 3 is 2.63 bits per heavy atom. The zero-order chi connectivity index (χ0) is 25.1. The summed E-state index contributed by atoms with van der Waals surface area (Å²) in [5.74, 6) is -2.54. The zero-order valence-corrected chi connectivity index (χ0v) is 20.4. The number of aromatic nitrogens is 3. The van der Waals surface area contributed by atoms with Crippen LogP contribution in [0, 0.1) is 23.7 Å². The molecule has 1 aliphatic carbocycles. The molecular weight excluding hydrogens is 448 g/mol. The van der Waals surface area contributed by atoms with Gasteiger partial charge in [0.2, 0.25) is 17.7 Å². The molecule has 1 aliphatic heterocycles. The molecule has 1 aromatic carbocycles. The van der Waals surface area contributed by atoms with Crippen LogP contribution in [0.1, 0.15) is 33.1 Å². The zero-order valence-electron chi connectivity index (χ0n) is 20.4. The van der Waals surface area contributed by atoms with Crippen LogP contribution in [-0.2, 0) is 21.1 Å². The molecule has 0 saturated carbocycles. The van der Waals surface area contributed by atoms with E-state index in [1.807, 2.05) is 50.3 Å². The van der Waals surface area contributed by atoms with E-state index < -0.39 is 29.8 Å². The number of hydrogen-bond acceptors (Lipinski definition) is 6. The van der Waals surface area contributed by atoms with Crippen molar-refractivity contribution in [1.29, 1.82) is 0 Å². The van der Waals surface area contributed by atoms with Gasteiger partial charge < -0.3 is 20.6 Å². The van der Waals surface area contributed by atoms with E-state index in [1.54, 1.807) is 11.7 Å². The average Bonchev–Trinajstić information content (AvgIpc) is 3.42. The lowest BCUT2D eigenvalue weighted by Gasteiger charge is -2.34. The Balaban J connectivity index is 1.66. The number of amides is 3. The third-order valence-corrected chi connectivity index (χ3v) is 7.39. The van der Waals surface area contributed by atoms with Gasteiger partial charge >= 0.3 is 0 Å². The van der Waals surface area contributed by atoms with E-state index in [4.69, 9.17) is 0 Å². The van der Waals surface area contributed by atoms with Crippen LogP contribution in [0.5, 0.6) is 0 Å². The number of carbonyl (C=O) groups is 3. The molecule has 4 rings (SSSR count). The van der Waals surface area contributed by atoms with Crippen molar-refractivity contribution >= 4 is 28.8 Å². The van der Waals surface area contributed by atoms with Crippen LogP contribution in [0.4, 0.5) is 0 Å². The van der Waals surface area contributed by atoms with Crippen molar-refractivity contribution in [3.63, 3.8) is 0 Å². The first-order valence-electron chi connectivity index (χ1n) is 12.4. The minimum atomic E-state index is -0.828. The molecule has 1 fully saturated rings. The van der Waals surface area contributed by atoms with Crippen LogP contribution >= 0.6 is 0 Å². The molecule has 6 atom stereocenters. The van der Waals surface area contributed by atoms with Crippen molar-refractivity contribution in [3.8, 4) is 0 Å². The highest BCUT2D eigenvalue weighted by Gasteiger charge is 2.58. The predicted octanol–water partition coefficient (Wildman–Crippen LogP) is 1.07. The smallest absolute Gasteiger partial charge is 0.244 e. The first-order chi connectivity index (χ1) is 17.0. The normalized spacial score (nSPS) is 26.6. The Labute approximate surface area is 204 Å². The first-order valence-corrected chi connectivity index (χ1v) is 12.4. The number of likely N-dealkylation sites (tertiary alicyclic amines) is 1. The van der Waals surface area contributed by atoms with Crippen molar-refractivity contribution in [2.24, 2.45) is 23.7 Å². The van der Waals surface area contributed by atoms with E-state index in [0.717, 1.165) is 23.9 Å². The van der Waals surface area contributed by atoms with Gasteiger partial charge in [0.25, 0.3) is 0 Å². The van der Waals surface area contributed by atoms with Gasteiger partial charge in [-0.05, 0) is 30.9 Å². The fourth-order valence-electron chi connectivity index (χ4n) is 5.68. The molecule has 3 N–H and O–H groups in total. The largest absolute Gasteiger partial charge is 0.394 e. The van der Waals surface area contributed by atoms with Gasteiger partial charge in [-0.2, -0.15) is 0 Å². The summed E-state index contributed by atoms with van der Waals surface area (Å²) in [5, 5.41) is 23.9. The third kappa shape index (κ3) is 4.42. The average molecular weight is 483 g/mol. The molecule has 0 bridgehead atoms. The summed E-state index contributed by atoms with van der Waals surface area (Å²) in [6.45, 7) is 3.75. The summed E-state index contributed by atoms with van der Waals surface area (Å²) in [4.78, 5) is 41.9. The van der Waals surface area contributed by atoms with Gasteiger partial charge in [-0.3, -0.25) is 14.4 Å². The van der Waals surface area contributed by atoms with Crippen LogP contribution < -0.4 is 10.6 Å². The van der Waals surface area contributed by atoms with Crippen molar-refractivity contribution < 1.29 is 19.5 Å². The van der Waals surface area contributed by atoms with Gasteiger partial charge in [0.15, 0.2) is 0 Å². The van der Waals surface area contributed by atoms with E-state index in [1.165, 1.54) is 4.90 Å². The summed E-state index contributed by atoms with van der Waals surface area (Å²) in [5.41, 5.74) is 1.50. The van der Waals surface area contributed by atoms with Crippen LogP contribution in [0.15, 0.2) is 36.4 Å². The molecule has 35 heavy (non-hydrogen) atoms. The van der Waals surface area contributed by atoms with Crippen molar-refractivity contribution in [2.75, 3.05) is 13.7 Å². The highest BCUT2D eigenvalue weighted by Crippen LogP contribution is 2.46. The summed E-state index contributed by atoms with van der Waals surface area (Å²) < 4.78 is 1.59. The van der Waals surface area contributed by atoms with Crippen LogP contribution in [0.25, 0.3) is 11.0 Å². The molecule has 0 unspecified atom stereocenters. The minimum Gasteiger partial charge on any atom is -0.394 e. The van der Waals surface area contributed by atoms with E-state index in [-0.39, 0.29) is 36.9 Å². The highest BCUT2D eigenvalue weighted by molar-refractivity contribution is 5.97. The van der Waals surface area contributed by atoms with Gasteiger partial charge in [-0.1, -0.05) is 49.8 Å². The topological polar surface area (TPSA) is 129 Å². The summed E-state index contributed by atoms with van der Waals surface area (Å²) in [6, 6.07) is 6.11. The van der Waals surface area contributed by atoms with Crippen LogP contribution in [0.2, 0.25) is 0 Å². The monoisotopic (exact) mass is 482 g/mol. The molecule has 2 aliphatic rings. The fourth-order valence-corrected chi connectivity index (χ4v) is 5.68. The number of allylic oxidation sites excluding steroid dienone is 1. The predicted molar refractivity (Wildman–Crippen MR) is 130 cm³/mol. The maximum Gasteiger partial charge on any atom is 0.244 e. The summed E-state index contributed by atoms with van der Waals surface area (Å²) >= 11 is 0. The minimum absolute atomic E-state index is 0.0791. The molecule has 1 aromatic heterocycles. The third-order valence-electron chi connectivity index (χ3n) is 7.39. The molecule has 2 aromatic rings. The Kier molecular flexibility index (Phi) is 7.49. The molecule has 3 amide bonds. The lowest BCUT2D eigenvalue weighted by Crippen LogP contribution is -2.52. The van der Waals surface area contributed by atoms with E-state index in [9.17, 15) is 19.5 Å². The number of para-hydroxylation sites is 1. The fraction of sp³-hybridized carbons (Fsp3) is 0.560. The SMILES string of the molecule is CCC[C@@H]1C=C[C@H]2[C@@H](C(=O)N([C@@H](CC)CO)[C@@H]2C(=O)NCn2nnc3ccccc32)[C@@H]1C(=O)NC. The Morgan fingerprint density at radius 1 is 1.17 bits per heavy atom. The van der Waals surface area contributed by atoms with Crippen molar-refractivity contribution in [1.82, 2.24) is 30.5 Å². The number of nitrogens with one attached hydrogen (secondary N) is 2. The maximum absolute atomic E-state index is 13.8. The number of aliphatic hydroxyl groups excluding tert-OH is 1. The second-order valence-corrected chi connectivity index (χ2v) is 9.29. The number of aliphatic hydroxyl groups is 1. The Morgan fingerprint density at radius 2 is 1.94 bits per heavy atom. The summed E-state index contributed by atoms with van der Waals surface area (Å²) in [7, 11) is 1.57. The van der Waals surface area contributed by atoms with E-state index in [0.29, 0.717) is 6.42 Å². The quantitative estimate of drug-likeness (QED) is 0.459. The van der Waals surface area contributed by atoms with Gasteiger partial charge in [-0.15, -0.1) is 5.10 Å². The van der Waals surface area contributed by atoms with E-state index in [2.05, 4.69) is 20.9 Å². The molecule has 0 spiro atoms. The van der Waals surface area contributed by atoms with Gasteiger partial charge in [0.1, 0.15) is 18.2 Å².